The third kappa shape index (κ3) is 13.5. The number of ether oxygens (including phenoxy) is 7. The van der Waals surface area contributed by atoms with Crippen LogP contribution < -0.4 is 15.2 Å². The highest BCUT2D eigenvalue weighted by Crippen LogP contribution is 2.31. The number of hydrogen-bond donors (Lipinski definition) is 1. The molecule has 0 amide bonds. The van der Waals surface area contributed by atoms with E-state index in [2.05, 4.69) is 0 Å². The van der Waals surface area contributed by atoms with E-state index in [1.807, 2.05) is 20.8 Å². The van der Waals surface area contributed by atoms with Crippen molar-refractivity contribution in [3.8, 4) is 11.5 Å². The molecule has 1 aromatic rings. The van der Waals surface area contributed by atoms with Crippen molar-refractivity contribution in [1.29, 1.82) is 0 Å². The van der Waals surface area contributed by atoms with E-state index < -0.39 is 30.0 Å². The topological polar surface area (TPSA) is 159 Å². The summed E-state index contributed by atoms with van der Waals surface area (Å²) in [6, 6.07) is 4.31. The molecule has 0 aromatic heterocycles. The first-order chi connectivity index (χ1) is 19.2. The second-order valence-electron chi connectivity index (χ2n) is 9.12. The number of unbranched alkanes of at least 4 members (excludes halogenated alkanes) is 4. The van der Waals surface area contributed by atoms with E-state index in [9.17, 15) is 19.2 Å². The Bertz CT molecular complexity index is 937. The summed E-state index contributed by atoms with van der Waals surface area (Å²) in [5, 5.41) is 0. The Labute approximate surface area is 235 Å². The molecule has 0 bridgehead atoms. The monoisotopic (exact) mass is 569 g/mol. The van der Waals surface area contributed by atoms with Crippen LogP contribution in [-0.4, -0.2) is 63.5 Å². The third-order valence-corrected chi connectivity index (χ3v) is 5.68. The highest BCUT2D eigenvalue weighted by Gasteiger charge is 2.36. The molecule has 2 N–H and O–H groups in total. The second kappa shape index (κ2) is 19.5. The number of methoxy groups -OCH3 is 1. The minimum Gasteiger partial charge on any atom is -0.468 e. The molecule has 0 unspecified atom stereocenters. The predicted molar refractivity (Wildman–Crippen MR) is 144 cm³/mol. The van der Waals surface area contributed by atoms with E-state index in [4.69, 9.17) is 38.9 Å². The maximum absolute atomic E-state index is 12.6. The molecule has 0 aliphatic carbocycles. The minimum atomic E-state index is -1.60. The molecule has 12 nitrogen and oxygen atoms in total. The van der Waals surface area contributed by atoms with Crippen molar-refractivity contribution < 1.29 is 52.3 Å². The number of carbonyl (C=O) groups is 4. The largest absolute Gasteiger partial charge is 0.513 e. The van der Waals surface area contributed by atoms with E-state index in [1.54, 1.807) is 0 Å². The lowest BCUT2D eigenvalue weighted by Crippen LogP contribution is -2.51. The molecule has 0 radical (unpaired) electrons. The molecule has 1 rings (SSSR count). The van der Waals surface area contributed by atoms with Crippen molar-refractivity contribution in [2.75, 3.05) is 33.5 Å². The van der Waals surface area contributed by atoms with Crippen LogP contribution in [0.4, 0.5) is 14.4 Å². The van der Waals surface area contributed by atoms with Crippen molar-refractivity contribution in [2.45, 2.75) is 84.1 Å². The zero-order chi connectivity index (χ0) is 29.8. The SMILES string of the molecule is CCCCCOC(=O)OCC[C@@](N)(Cc1ccc(OC(=O)OCCCC)c(OC(=O)OCCCC)c1)C(=O)OC. The first-order valence-electron chi connectivity index (χ1n) is 13.7. The summed E-state index contributed by atoms with van der Waals surface area (Å²) in [5.74, 6) is -0.966. The van der Waals surface area contributed by atoms with Gasteiger partial charge in [-0.2, -0.15) is 0 Å². The minimum absolute atomic E-state index is 0.0824. The molecular formula is C28H43NO11. The number of esters is 1. The van der Waals surface area contributed by atoms with Gasteiger partial charge in [-0.1, -0.05) is 52.5 Å². The summed E-state index contributed by atoms with van der Waals surface area (Å²) in [5.41, 5.74) is 5.23. The van der Waals surface area contributed by atoms with Gasteiger partial charge in [0.1, 0.15) is 5.54 Å². The zero-order valence-corrected chi connectivity index (χ0v) is 24.0. The number of rotatable bonds is 18. The second-order valence-corrected chi connectivity index (χ2v) is 9.12. The highest BCUT2D eigenvalue weighted by atomic mass is 16.7. The van der Waals surface area contributed by atoms with Gasteiger partial charge in [0, 0.05) is 12.8 Å². The van der Waals surface area contributed by atoms with E-state index in [-0.39, 0.29) is 50.8 Å². The molecule has 0 saturated heterocycles. The molecular weight excluding hydrogens is 526 g/mol. The molecule has 0 aliphatic rings. The van der Waals surface area contributed by atoms with Crippen molar-refractivity contribution in [3.05, 3.63) is 23.8 Å². The van der Waals surface area contributed by atoms with Gasteiger partial charge in [-0.25, -0.2) is 14.4 Å². The summed E-state index contributed by atoms with van der Waals surface area (Å²) < 4.78 is 35.5. The third-order valence-electron chi connectivity index (χ3n) is 5.68. The lowest BCUT2D eigenvalue weighted by molar-refractivity contribution is -0.147. The molecule has 0 heterocycles. The van der Waals surface area contributed by atoms with Gasteiger partial charge in [-0.3, -0.25) is 4.79 Å². The molecule has 12 heteroatoms. The Morgan fingerprint density at radius 1 is 0.700 bits per heavy atom. The lowest BCUT2D eigenvalue weighted by Gasteiger charge is -2.26. The standard InChI is InChI=1S/C28H43NO11/c1-5-8-11-17-35-25(31)38-18-14-28(29,24(30)34-4)20-21-12-13-22(39-26(32)36-15-9-6-2)23(19-21)40-27(33)37-16-10-7-3/h12-13,19H,5-11,14-18,20,29H2,1-4H3/t28-/m1/s1. The van der Waals surface area contributed by atoms with E-state index in [0.29, 0.717) is 18.4 Å². The van der Waals surface area contributed by atoms with Gasteiger partial charge in [0.25, 0.3) is 0 Å². The van der Waals surface area contributed by atoms with Crippen molar-refractivity contribution >= 4 is 24.4 Å². The maximum atomic E-state index is 12.6. The zero-order valence-electron chi connectivity index (χ0n) is 24.0. The van der Waals surface area contributed by atoms with Gasteiger partial charge < -0.3 is 38.9 Å². The molecule has 0 spiro atoms. The Balaban J connectivity index is 3.02. The first-order valence-corrected chi connectivity index (χ1v) is 13.7. The van der Waals surface area contributed by atoms with Crippen LogP contribution in [0.1, 0.15) is 77.7 Å². The first kappa shape index (κ1) is 34.5. The van der Waals surface area contributed by atoms with Gasteiger partial charge in [0.2, 0.25) is 0 Å². The molecule has 40 heavy (non-hydrogen) atoms. The van der Waals surface area contributed by atoms with E-state index in [0.717, 1.165) is 32.1 Å². The summed E-state index contributed by atoms with van der Waals surface area (Å²) in [6.45, 7) is 6.28. The molecule has 0 saturated carbocycles. The van der Waals surface area contributed by atoms with Gasteiger partial charge in [0.15, 0.2) is 11.5 Å². The van der Waals surface area contributed by atoms with Crippen LogP contribution in [0, 0.1) is 0 Å². The van der Waals surface area contributed by atoms with Crippen LogP contribution in [0.25, 0.3) is 0 Å². The van der Waals surface area contributed by atoms with Crippen LogP contribution in [0.5, 0.6) is 11.5 Å². The Kier molecular flexibility index (Phi) is 16.8. The number of hydrogen-bond acceptors (Lipinski definition) is 12. The fourth-order valence-electron chi connectivity index (χ4n) is 3.36. The van der Waals surface area contributed by atoms with Crippen LogP contribution >= 0.6 is 0 Å². The Hall–Kier alpha value is -3.54. The number of carbonyl (C=O) groups excluding carboxylic acids is 4. The Morgan fingerprint density at radius 2 is 1.23 bits per heavy atom. The Morgan fingerprint density at radius 3 is 1.80 bits per heavy atom. The summed E-state index contributed by atoms with van der Waals surface area (Å²) in [4.78, 5) is 48.8. The fourth-order valence-corrected chi connectivity index (χ4v) is 3.36. The molecule has 0 aliphatic heterocycles. The maximum Gasteiger partial charge on any atom is 0.513 e. The smallest absolute Gasteiger partial charge is 0.468 e. The average molecular weight is 570 g/mol. The number of benzene rings is 1. The summed E-state index contributed by atoms with van der Waals surface area (Å²) in [7, 11) is 1.19. The van der Waals surface area contributed by atoms with Crippen molar-refractivity contribution in [2.24, 2.45) is 5.73 Å². The van der Waals surface area contributed by atoms with Gasteiger partial charge in [-0.15, -0.1) is 0 Å². The molecule has 226 valence electrons. The molecule has 1 atom stereocenters. The van der Waals surface area contributed by atoms with Crippen LogP contribution in [-0.2, 0) is 34.9 Å². The highest BCUT2D eigenvalue weighted by molar-refractivity contribution is 5.81. The van der Waals surface area contributed by atoms with Gasteiger partial charge in [0.05, 0.1) is 33.5 Å². The van der Waals surface area contributed by atoms with Crippen LogP contribution in [0.2, 0.25) is 0 Å². The quantitative estimate of drug-likeness (QED) is 0.103. The summed E-state index contributed by atoms with van der Waals surface area (Å²) >= 11 is 0. The molecule has 0 fully saturated rings. The molecule has 1 aromatic carbocycles. The lowest BCUT2D eigenvalue weighted by atomic mass is 9.88. The van der Waals surface area contributed by atoms with Crippen molar-refractivity contribution in [1.82, 2.24) is 0 Å². The van der Waals surface area contributed by atoms with E-state index >= 15 is 0 Å². The predicted octanol–water partition coefficient (Wildman–Crippen LogP) is 5.46. The van der Waals surface area contributed by atoms with Gasteiger partial charge in [-0.05, 0) is 37.0 Å². The summed E-state index contributed by atoms with van der Waals surface area (Å²) in [6.07, 6.45) is 2.59. The van der Waals surface area contributed by atoms with Gasteiger partial charge >= 0.3 is 24.4 Å². The number of nitrogens with two attached hydrogens (primary N) is 1. The average Bonchev–Trinajstić information content (AvgIpc) is 2.92. The fraction of sp³-hybridized carbons (Fsp3) is 0.643. The van der Waals surface area contributed by atoms with Crippen molar-refractivity contribution in [3.63, 3.8) is 0 Å². The van der Waals surface area contributed by atoms with Crippen LogP contribution in [0.3, 0.4) is 0 Å². The van der Waals surface area contributed by atoms with E-state index in [1.165, 1.54) is 25.3 Å². The van der Waals surface area contributed by atoms with Crippen LogP contribution in [0.15, 0.2) is 18.2 Å². The normalized spacial score (nSPS) is 12.0.